The summed E-state index contributed by atoms with van der Waals surface area (Å²) in [6.07, 6.45) is -0.138. The van der Waals surface area contributed by atoms with E-state index in [2.05, 4.69) is 4.52 Å². The molecule has 0 aliphatic carbocycles. The van der Waals surface area contributed by atoms with E-state index >= 15 is 0 Å². The number of phosphoric acid groups is 1. The van der Waals surface area contributed by atoms with Crippen molar-refractivity contribution < 1.29 is 28.8 Å². The second-order valence-corrected chi connectivity index (χ2v) is 3.30. The smallest absolute Gasteiger partial charge is 0.469 e. The first kappa shape index (κ1) is 11.5. The Hall–Kier alpha value is -0.460. The van der Waals surface area contributed by atoms with E-state index in [1.54, 1.807) is 0 Å². The molecule has 12 heavy (non-hydrogen) atoms. The molecule has 0 saturated carbocycles. The molecule has 8 heteroatoms. The van der Waals surface area contributed by atoms with E-state index in [0.29, 0.717) is 0 Å². The fourth-order valence-corrected chi connectivity index (χ4v) is 0.765. The van der Waals surface area contributed by atoms with Crippen LogP contribution in [0.3, 0.4) is 0 Å². The number of rotatable bonds is 5. The highest BCUT2D eigenvalue weighted by atomic mass is 31.2. The summed E-state index contributed by atoms with van der Waals surface area (Å²) in [5.74, 6) is -1.23. The van der Waals surface area contributed by atoms with Gasteiger partial charge in [-0.1, -0.05) is 0 Å². The molecule has 7 nitrogen and oxygen atoms in total. The second-order valence-electron chi connectivity index (χ2n) is 2.06. The van der Waals surface area contributed by atoms with Gasteiger partial charge in [-0.25, -0.2) is 4.57 Å². The zero-order valence-corrected chi connectivity index (χ0v) is 6.98. The number of nitrogens with two attached hydrogens (primary N) is 1. The molecule has 0 rings (SSSR count). The Bertz CT molecular complexity index is 200. The monoisotopic (exact) mass is 199 g/mol. The summed E-state index contributed by atoms with van der Waals surface area (Å²) in [6, 6.07) is -1.16. The third-order valence-corrected chi connectivity index (χ3v) is 1.52. The van der Waals surface area contributed by atoms with Crippen molar-refractivity contribution in [1.29, 1.82) is 0 Å². The van der Waals surface area contributed by atoms with Crippen LogP contribution in [-0.2, 0) is 13.9 Å². The van der Waals surface area contributed by atoms with Gasteiger partial charge in [0.15, 0.2) is 0 Å². The first-order valence-electron chi connectivity index (χ1n) is 3.01. The van der Waals surface area contributed by atoms with Crippen LogP contribution in [0.5, 0.6) is 0 Å². The summed E-state index contributed by atoms with van der Waals surface area (Å²) in [7, 11) is -4.50. The minimum atomic E-state index is -4.50. The fourth-order valence-electron chi connectivity index (χ4n) is 0.422. The molecule has 72 valence electrons. The quantitative estimate of drug-likeness (QED) is 0.413. The fraction of sp³-hybridized carbons (Fsp3) is 0.750. The van der Waals surface area contributed by atoms with Gasteiger partial charge >= 0.3 is 13.8 Å². The predicted molar refractivity (Wildman–Crippen MR) is 38.2 cm³/mol. The summed E-state index contributed by atoms with van der Waals surface area (Å²) in [6.45, 7) is -0.377. The topological polar surface area (TPSA) is 130 Å². The zero-order valence-electron chi connectivity index (χ0n) is 6.08. The number of carbonyl (C=O) groups is 1. The third-order valence-electron chi connectivity index (χ3n) is 1.01. The summed E-state index contributed by atoms with van der Waals surface area (Å²) in [4.78, 5) is 26.4. The van der Waals surface area contributed by atoms with Crippen LogP contribution in [0.1, 0.15) is 6.42 Å². The van der Waals surface area contributed by atoms with Gasteiger partial charge in [-0.15, -0.1) is 0 Å². The number of hydrogen-bond donors (Lipinski definition) is 4. The number of carboxylic acid groups (broad SMARTS) is 1. The van der Waals surface area contributed by atoms with Gasteiger partial charge in [0, 0.05) is 0 Å². The van der Waals surface area contributed by atoms with Crippen molar-refractivity contribution in [3.8, 4) is 0 Å². The lowest BCUT2D eigenvalue weighted by atomic mass is 10.2. The maximum atomic E-state index is 10.1. The summed E-state index contributed by atoms with van der Waals surface area (Å²) in [5.41, 5.74) is 5.01. The molecule has 0 aromatic heterocycles. The largest absolute Gasteiger partial charge is 0.480 e. The van der Waals surface area contributed by atoms with Crippen LogP contribution in [-0.4, -0.2) is 33.5 Å². The van der Waals surface area contributed by atoms with Crippen LogP contribution in [0.4, 0.5) is 0 Å². The Morgan fingerprint density at radius 3 is 2.42 bits per heavy atom. The molecule has 0 aromatic carbocycles. The molecular formula is C4H10NO6P. The highest BCUT2D eigenvalue weighted by molar-refractivity contribution is 7.46. The summed E-state index contributed by atoms with van der Waals surface area (Å²) in [5, 5.41) is 8.24. The van der Waals surface area contributed by atoms with E-state index in [0.717, 1.165) is 0 Å². The highest BCUT2D eigenvalue weighted by Gasteiger charge is 2.16. The molecular weight excluding hydrogens is 189 g/mol. The average molecular weight is 199 g/mol. The second kappa shape index (κ2) is 4.54. The van der Waals surface area contributed by atoms with Gasteiger partial charge in [0.05, 0.1) is 6.61 Å². The standard InChI is InChI=1S/C4H10NO6P/c5-3(4(6)7)1-2-11-12(8,9)10/h3H,1-2,5H2,(H,6,7)(H2,8,9,10). The Kier molecular flexibility index (Phi) is 4.36. The van der Waals surface area contributed by atoms with Crippen LogP contribution >= 0.6 is 7.82 Å². The maximum Gasteiger partial charge on any atom is 0.469 e. The molecule has 0 radical (unpaired) electrons. The molecule has 1 unspecified atom stereocenters. The van der Waals surface area contributed by atoms with Crippen molar-refractivity contribution in [1.82, 2.24) is 0 Å². The highest BCUT2D eigenvalue weighted by Crippen LogP contribution is 2.35. The molecule has 5 N–H and O–H groups in total. The van der Waals surface area contributed by atoms with Crippen molar-refractivity contribution in [2.24, 2.45) is 5.73 Å². The van der Waals surface area contributed by atoms with E-state index in [1.165, 1.54) is 0 Å². The molecule has 0 aromatic rings. The molecule has 0 aliphatic rings. The van der Waals surface area contributed by atoms with Crippen LogP contribution < -0.4 is 5.73 Å². The predicted octanol–water partition coefficient (Wildman–Crippen LogP) is -1.10. The molecule has 0 spiro atoms. The van der Waals surface area contributed by atoms with Crippen molar-refractivity contribution in [3.05, 3.63) is 0 Å². The Morgan fingerprint density at radius 1 is 1.58 bits per heavy atom. The number of aliphatic carboxylic acids is 1. The van der Waals surface area contributed by atoms with E-state index in [1.807, 2.05) is 0 Å². The van der Waals surface area contributed by atoms with Crippen LogP contribution in [0, 0.1) is 0 Å². The summed E-state index contributed by atoms with van der Waals surface area (Å²) < 4.78 is 14.0. The van der Waals surface area contributed by atoms with Crippen molar-refractivity contribution in [2.45, 2.75) is 12.5 Å². The summed E-state index contributed by atoms with van der Waals surface area (Å²) >= 11 is 0. The van der Waals surface area contributed by atoms with Crippen molar-refractivity contribution >= 4 is 13.8 Å². The SMILES string of the molecule is NC(CCOP(=O)(O)O)C(=O)O. The third kappa shape index (κ3) is 6.26. The van der Waals surface area contributed by atoms with Gasteiger partial charge in [0.2, 0.25) is 0 Å². The molecule has 0 saturated heterocycles. The number of carboxylic acids is 1. The normalized spacial score (nSPS) is 14.2. The lowest BCUT2D eigenvalue weighted by molar-refractivity contribution is -0.138. The van der Waals surface area contributed by atoms with Gasteiger partial charge in [-0.3, -0.25) is 9.32 Å². The Labute approximate surface area is 68.4 Å². The van der Waals surface area contributed by atoms with Gasteiger partial charge < -0.3 is 20.6 Å². The molecule has 0 fully saturated rings. The van der Waals surface area contributed by atoms with E-state index < -0.39 is 19.8 Å². The van der Waals surface area contributed by atoms with Crippen LogP contribution in [0.15, 0.2) is 0 Å². The molecule has 0 amide bonds. The lowest BCUT2D eigenvalue weighted by Gasteiger charge is -2.07. The van der Waals surface area contributed by atoms with Gasteiger partial charge in [-0.05, 0) is 6.42 Å². The van der Waals surface area contributed by atoms with E-state index in [9.17, 15) is 9.36 Å². The van der Waals surface area contributed by atoms with Gasteiger partial charge in [0.25, 0.3) is 0 Å². The first-order chi connectivity index (χ1) is 5.33. The van der Waals surface area contributed by atoms with Crippen molar-refractivity contribution in [2.75, 3.05) is 6.61 Å². The van der Waals surface area contributed by atoms with Crippen LogP contribution in [0.25, 0.3) is 0 Å². The van der Waals surface area contributed by atoms with Crippen LogP contribution in [0.2, 0.25) is 0 Å². The van der Waals surface area contributed by atoms with E-state index in [4.69, 9.17) is 20.6 Å². The molecule has 0 aliphatic heterocycles. The first-order valence-corrected chi connectivity index (χ1v) is 4.54. The molecule has 1 atom stereocenters. The minimum absolute atomic E-state index is 0.138. The van der Waals surface area contributed by atoms with Gasteiger partial charge in [-0.2, -0.15) is 0 Å². The van der Waals surface area contributed by atoms with Gasteiger partial charge in [0.1, 0.15) is 6.04 Å². The number of phosphoric ester groups is 1. The minimum Gasteiger partial charge on any atom is -0.480 e. The number of hydrogen-bond acceptors (Lipinski definition) is 4. The Balaban J connectivity index is 3.58. The van der Waals surface area contributed by atoms with Crippen molar-refractivity contribution in [3.63, 3.8) is 0 Å². The molecule has 0 bridgehead atoms. The zero-order chi connectivity index (χ0) is 9.78. The maximum absolute atomic E-state index is 10.1. The average Bonchev–Trinajstić information content (AvgIpc) is 1.84. The molecule has 0 heterocycles. The Morgan fingerprint density at radius 2 is 2.08 bits per heavy atom. The van der Waals surface area contributed by atoms with E-state index in [-0.39, 0.29) is 13.0 Å². The lowest BCUT2D eigenvalue weighted by Crippen LogP contribution is -2.31.